The standard InChI is InChI=1S/C15H26N2S/c1-12(2)16-10-13-6-4-5-8-17(3)15(13)14-7-9-18-11-14/h7,9,11-13,15-16H,4-6,8,10H2,1-3H3. The van der Waals surface area contributed by atoms with Crippen LogP contribution < -0.4 is 5.32 Å². The topological polar surface area (TPSA) is 15.3 Å². The van der Waals surface area contributed by atoms with E-state index in [0.717, 1.165) is 12.5 Å². The molecule has 1 fully saturated rings. The zero-order chi connectivity index (χ0) is 13.0. The van der Waals surface area contributed by atoms with E-state index in [9.17, 15) is 0 Å². The molecule has 1 saturated heterocycles. The molecular weight excluding hydrogens is 240 g/mol. The highest BCUT2D eigenvalue weighted by molar-refractivity contribution is 7.07. The Morgan fingerprint density at radius 3 is 2.94 bits per heavy atom. The molecule has 1 aliphatic heterocycles. The average molecular weight is 266 g/mol. The van der Waals surface area contributed by atoms with Gasteiger partial charge in [0.05, 0.1) is 0 Å². The minimum atomic E-state index is 0.585. The second-order valence-corrected chi connectivity index (χ2v) is 6.58. The van der Waals surface area contributed by atoms with Crippen LogP contribution in [0.25, 0.3) is 0 Å². The number of hydrogen-bond donors (Lipinski definition) is 1. The number of nitrogens with zero attached hydrogens (tertiary/aromatic N) is 1. The smallest absolute Gasteiger partial charge is 0.0393 e. The molecule has 1 aliphatic rings. The zero-order valence-electron chi connectivity index (χ0n) is 11.9. The normalized spacial score (nSPS) is 26.4. The summed E-state index contributed by atoms with van der Waals surface area (Å²) in [6.07, 6.45) is 4.06. The van der Waals surface area contributed by atoms with E-state index < -0.39 is 0 Å². The van der Waals surface area contributed by atoms with Gasteiger partial charge in [0, 0.05) is 18.6 Å². The zero-order valence-corrected chi connectivity index (χ0v) is 12.7. The van der Waals surface area contributed by atoms with Crippen molar-refractivity contribution in [3.63, 3.8) is 0 Å². The summed E-state index contributed by atoms with van der Waals surface area (Å²) in [6, 6.07) is 3.49. The number of likely N-dealkylation sites (tertiary alicyclic amines) is 1. The third-order valence-electron chi connectivity index (χ3n) is 3.93. The Morgan fingerprint density at radius 2 is 2.28 bits per heavy atom. The van der Waals surface area contributed by atoms with Gasteiger partial charge < -0.3 is 5.32 Å². The first-order chi connectivity index (χ1) is 8.68. The quantitative estimate of drug-likeness (QED) is 0.897. The molecule has 0 radical (unpaired) electrons. The Bertz CT molecular complexity index is 334. The van der Waals surface area contributed by atoms with Crippen molar-refractivity contribution >= 4 is 11.3 Å². The molecule has 2 unspecified atom stereocenters. The van der Waals surface area contributed by atoms with Crippen molar-refractivity contribution in [1.29, 1.82) is 0 Å². The molecule has 0 spiro atoms. The summed E-state index contributed by atoms with van der Waals surface area (Å²) in [5, 5.41) is 8.17. The second-order valence-electron chi connectivity index (χ2n) is 5.80. The van der Waals surface area contributed by atoms with Crippen molar-refractivity contribution in [2.24, 2.45) is 5.92 Å². The lowest BCUT2D eigenvalue weighted by Crippen LogP contribution is -2.36. The van der Waals surface area contributed by atoms with Gasteiger partial charge in [-0.1, -0.05) is 20.3 Å². The van der Waals surface area contributed by atoms with Gasteiger partial charge >= 0.3 is 0 Å². The van der Waals surface area contributed by atoms with Crippen molar-refractivity contribution in [3.05, 3.63) is 22.4 Å². The Kier molecular flexibility index (Phi) is 5.22. The Morgan fingerprint density at radius 1 is 1.44 bits per heavy atom. The summed E-state index contributed by atoms with van der Waals surface area (Å²) in [6.45, 7) is 6.85. The van der Waals surface area contributed by atoms with Crippen LogP contribution in [0.1, 0.15) is 44.7 Å². The maximum atomic E-state index is 3.63. The monoisotopic (exact) mass is 266 g/mol. The first-order valence-corrected chi connectivity index (χ1v) is 8.08. The van der Waals surface area contributed by atoms with Crippen LogP contribution in [-0.4, -0.2) is 31.1 Å². The molecule has 0 saturated carbocycles. The summed E-state index contributed by atoms with van der Waals surface area (Å²) < 4.78 is 0. The van der Waals surface area contributed by atoms with Crippen molar-refractivity contribution in [2.45, 2.75) is 45.2 Å². The van der Waals surface area contributed by atoms with Crippen LogP contribution >= 0.6 is 11.3 Å². The molecule has 0 aliphatic carbocycles. The summed E-state index contributed by atoms with van der Waals surface area (Å²) in [5.41, 5.74) is 1.51. The van der Waals surface area contributed by atoms with E-state index in [-0.39, 0.29) is 0 Å². The molecule has 0 aromatic carbocycles. The summed E-state index contributed by atoms with van der Waals surface area (Å²) >= 11 is 1.82. The largest absolute Gasteiger partial charge is 0.314 e. The third kappa shape index (κ3) is 3.56. The molecule has 3 heteroatoms. The second kappa shape index (κ2) is 6.69. The molecule has 1 aromatic heterocycles. The lowest BCUT2D eigenvalue weighted by atomic mass is 9.90. The average Bonchev–Trinajstić information content (AvgIpc) is 2.78. The number of thiophene rings is 1. The van der Waals surface area contributed by atoms with E-state index in [2.05, 4.69) is 47.9 Å². The number of nitrogens with one attached hydrogen (secondary N) is 1. The van der Waals surface area contributed by atoms with Crippen LogP contribution in [0.15, 0.2) is 16.8 Å². The van der Waals surface area contributed by atoms with Crippen LogP contribution in [0, 0.1) is 5.92 Å². The van der Waals surface area contributed by atoms with Crippen LogP contribution in [0.3, 0.4) is 0 Å². The van der Waals surface area contributed by atoms with Gasteiger partial charge in [-0.05, 0) is 54.7 Å². The first kappa shape index (κ1) is 14.0. The van der Waals surface area contributed by atoms with E-state index in [1.54, 1.807) is 0 Å². The maximum absolute atomic E-state index is 3.63. The predicted molar refractivity (Wildman–Crippen MR) is 80.2 cm³/mol. The van der Waals surface area contributed by atoms with E-state index in [0.29, 0.717) is 12.1 Å². The molecule has 18 heavy (non-hydrogen) atoms. The Balaban J connectivity index is 2.11. The molecule has 0 amide bonds. The summed E-state index contributed by atoms with van der Waals surface area (Å²) in [5.74, 6) is 0.745. The van der Waals surface area contributed by atoms with Crippen molar-refractivity contribution in [3.8, 4) is 0 Å². The lowest BCUT2D eigenvalue weighted by molar-refractivity contribution is 0.187. The molecule has 1 N–H and O–H groups in total. The number of rotatable bonds is 4. The molecule has 2 rings (SSSR count). The third-order valence-corrected chi connectivity index (χ3v) is 4.63. The van der Waals surface area contributed by atoms with Gasteiger partial charge in [0.2, 0.25) is 0 Å². The van der Waals surface area contributed by atoms with E-state index >= 15 is 0 Å². The van der Waals surface area contributed by atoms with Gasteiger partial charge in [0.1, 0.15) is 0 Å². The van der Waals surface area contributed by atoms with Gasteiger partial charge in [-0.15, -0.1) is 0 Å². The minimum Gasteiger partial charge on any atom is -0.314 e. The highest BCUT2D eigenvalue weighted by Crippen LogP contribution is 2.34. The van der Waals surface area contributed by atoms with Crippen molar-refractivity contribution in [1.82, 2.24) is 10.2 Å². The lowest BCUT2D eigenvalue weighted by Gasteiger charge is -2.32. The fourth-order valence-corrected chi connectivity index (χ4v) is 3.68. The first-order valence-electron chi connectivity index (χ1n) is 7.14. The van der Waals surface area contributed by atoms with Gasteiger partial charge in [0.15, 0.2) is 0 Å². The Labute approximate surface area is 115 Å². The molecule has 2 heterocycles. The SMILES string of the molecule is CC(C)NCC1CCCCN(C)C1c1ccsc1. The fourth-order valence-electron chi connectivity index (χ4n) is 3.00. The van der Waals surface area contributed by atoms with Crippen LogP contribution in [0.4, 0.5) is 0 Å². The number of hydrogen-bond acceptors (Lipinski definition) is 3. The highest BCUT2D eigenvalue weighted by Gasteiger charge is 2.29. The van der Waals surface area contributed by atoms with Crippen LogP contribution in [0.2, 0.25) is 0 Å². The molecule has 2 nitrogen and oxygen atoms in total. The summed E-state index contributed by atoms with van der Waals surface area (Å²) in [7, 11) is 2.29. The molecular formula is C15H26N2S. The fraction of sp³-hybridized carbons (Fsp3) is 0.733. The van der Waals surface area contributed by atoms with E-state index in [1.807, 2.05) is 11.3 Å². The summed E-state index contributed by atoms with van der Waals surface area (Å²) in [4.78, 5) is 2.56. The van der Waals surface area contributed by atoms with Crippen LogP contribution in [-0.2, 0) is 0 Å². The molecule has 1 aromatic rings. The van der Waals surface area contributed by atoms with Gasteiger partial charge in [-0.3, -0.25) is 4.90 Å². The molecule has 0 bridgehead atoms. The van der Waals surface area contributed by atoms with E-state index in [4.69, 9.17) is 0 Å². The van der Waals surface area contributed by atoms with Gasteiger partial charge in [-0.2, -0.15) is 11.3 Å². The Hall–Kier alpha value is -0.380. The van der Waals surface area contributed by atoms with Crippen molar-refractivity contribution < 1.29 is 0 Å². The predicted octanol–water partition coefficient (Wildman–Crippen LogP) is 3.52. The van der Waals surface area contributed by atoms with Gasteiger partial charge in [0.25, 0.3) is 0 Å². The molecule has 2 atom stereocenters. The van der Waals surface area contributed by atoms with E-state index in [1.165, 1.54) is 31.4 Å². The van der Waals surface area contributed by atoms with Crippen LogP contribution in [0.5, 0.6) is 0 Å². The minimum absolute atomic E-state index is 0.585. The maximum Gasteiger partial charge on any atom is 0.0393 e. The van der Waals surface area contributed by atoms with Gasteiger partial charge in [-0.25, -0.2) is 0 Å². The highest BCUT2D eigenvalue weighted by atomic mass is 32.1. The van der Waals surface area contributed by atoms with Crippen molar-refractivity contribution in [2.75, 3.05) is 20.1 Å². The molecule has 102 valence electrons.